The van der Waals surface area contributed by atoms with Crippen LogP contribution in [0.25, 0.3) is 0 Å². The molecule has 0 saturated heterocycles. The molecule has 0 aliphatic rings. The number of nitrogens with zero attached hydrogens (tertiary/aromatic N) is 2. The summed E-state index contributed by atoms with van der Waals surface area (Å²) in [5.41, 5.74) is 3.33. The fourth-order valence-electron chi connectivity index (χ4n) is 1.32. The highest BCUT2D eigenvalue weighted by molar-refractivity contribution is 6.33. The molecule has 2 aromatic heterocycles. The van der Waals surface area contributed by atoms with E-state index in [1.807, 2.05) is 0 Å². The van der Waals surface area contributed by atoms with Gasteiger partial charge in [0.1, 0.15) is 11.5 Å². The molecule has 94 valence electrons. The van der Waals surface area contributed by atoms with Crippen molar-refractivity contribution < 1.29 is 4.79 Å². The molecule has 0 bridgehead atoms. The van der Waals surface area contributed by atoms with Crippen LogP contribution >= 0.6 is 11.6 Å². The van der Waals surface area contributed by atoms with Gasteiger partial charge >= 0.3 is 0 Å². The molecule has 0 aliphatic heterocycles. The highest BCUT2D eigenvalue weighted by Crippen LogP contribution is 2.16. The molecule has 2 heterocycles. The van der Waals surface area contributed by atoms with Gasteiger partial charge in [-0.2, -0.15) is 5.10 Å². The van der Waals surface area contributed by atoms with Crippen molar-refractivity contribution in [3.8, 4) is 0 Å². The van der Waals surface area contributed by atoms with Crippen LogP contribution in [0.3, 0.4) is 0 Å². The van der Waals surface area contributed by atoms with Crippen molar-refractivity contribution in [2.45, 2.75) is 6.54 Å². The fraction of sp³-hybridized carbons (Fsp3) is 0.100. The number of carbonyl (C=O) groups is 1. The van der Waals surface area contributed by atoms with Crippen molar-refractivity contribution in [3.63, 3.8) is 0 Å². The first-order valence-corrected chi connectivity index (χ1v) is 5.47. The Bertz CT molecular complexity index is 541. The average molecular weight is 267 g/mol. The second-order valence-corrected chi connectivity index (χ2v) is 3.87. The lowest BCUT2D eigenvalue weighted by atomic mass is 10.3. The number of aromatic nitrogens is 3. The number of carbonyl (C=O) groups excluding carboxylic acids is 1. The lowest BCUT2D eigenvalue weighted by molar-refractivity contribution is 0.0946. The first kappa shape index (κ1) is 12.3. The molecular formula is C10H11ClN6O. The Balaban J connectivity index is 2.08. The summed E-state index contributed by atoms with van der Waals surface area (Å²) in [5.74, 6) is 5.21. The Morgan fingerprint density at radius 3 is 3.00 bits per heavy atom. The largest absolute Gasteiger partial charge is 0.346 e. The second kappa shape index (κ2) is 5.48. The summed E-state index contributed by atoms with van der Waals surface area (Å²) < 4.78 is 0. The molecule has 18 heavy (non-hydrogen) atoms. The number of nitrogens with two attached hydrogens (primary N) is 1. The van der Waals surface area contributed by atoms with Gasteiger partial charge in [0.2, 0.25) is 0 Å². The molecule has 0 aromatic carbocycles. The topological polar surface area (TPSA) is 109 Å². The van der Waals surface area contributed by atoms with E-state index in [4.69, 9.17) is 17.4 Å². The maximum atomic E-state index is 11.9. The molecule has 2 aromatic rings. The van der Waals surface area contributed by atoms with Gasteiger partial charge in [-0.25, -0.2) is 10.8 Å². The number of anilines is 1. The highest BCUT2D eigenvalue weighted by atomic mass is 35.5. The summed E-state index contributed by atoms with van der Waals surface area (Å²) in [7, 11) is 0. The van der Waals surface area contributed by atoms with Crippen molar-refractivity contribution in [1.82, 2.24) is 20.5 Å². The van der Waals surface area contributed by atoms with Crippen LogP contribution in [0.4, 0.5) is 5.82 Å². The van der Waals surface area contributed by atoms with Crippen LogP contribution in [0.1, 0.15) is 16.1 Å². The predicted octanol–water partition coefficient (Wildman–Crippen LogP) is 0.674. The lowest BCUT2D eigenvalue weighted by Crippen LogP contribution is -2.24. The number of hydrazine groups is 1. The number of H-pyrrole nitrogens is 1. The third kappa shape index (κ3) is 2.76. The number of aromatic amines is 1. The van der Waals surface area contributed by atoms with Crippen molar-refractivity contribution >= 4 is 23.3 Å². The van der Waals surface area contributed by atoms with Crippen molar-refractivity contribution in [2.24, 2.45) is 5.84 Å². The van der Waals surface area contributed by atoms with Crippen LogP contribution in [0.15, 0.2) is 24.5 Å². The van der Waals surface area contributed by atoms with Crippen LogP contribution in [-0.2, 0) is 6.54 Å². The van der Waals surface area contributed by atoms with E-state index in [1.165, 1.54) is 0 Å². The Kier molecular flexibility index (Phi) is 3.75. The molecule has 0 unspecified atom stereocenters. The SMILES string of the molecule is NNc1ccc(Cl)c(C(=O)NCc2cn[nH]c2)n1. The van der Waals surface area contributed by atoms with E-state index >= 15 is 0 Å². The molecule has 0 aliphatic carbocycles. The van der Waals surface area contributed by atoms with E-state index < -0.39 is 0 Å². The zero-order chi connectivity index (χ0) is 13.0. The van der Waals surface area contributed by atoms with E-state index in [0.29, 0.717) is 12.4 Å². The van der Waals surface area contributed by atoms with Gasteiger partial charge in [-0.15, -0.1) is 0 Å². The van der Waals surface area contributed by atoms with Gasteiger partial charge in [-0.05, 0) is 12.1 Å². The molecule has 0 saturated carbocycles. The Morgan fingerprint density at radius 1 is 1.50 bits per heavy atom. The monoisotopic (exact) mass is 266 g/mol. The van der Waals surface area contributed by atoms with Gasteiger partial charge in [-0.3, -0.25) is 9.89 Å². The summed E-state index contributed by atoms with van der Waals surface area (Å²) in [6, 6.07) is 3.13. The minimum atomic E-state index is -0.377. The molecule has 1 amide bonds. The molecule has 0 fully saturated rings. The van der Waals surface area contributed by atoms with Crippen LogP contribution in [0, 0.1) is 0 Å². The predicted molar refractivity (Wildman–Crippen MR) is 66.8 cm³/mol. The summed E-state index contributed by atoms with van der Waals surface area (Å²) in [5, 5.41) is 9.37. The number of nitrogens with one attached hydrogen (secondary N) is 3. The first-order valence-electron chi connectivity index (χ1n) is 5.09. The average Bonchev–Trinajstić information content (AvgIpc) is 2.89. The minimum Gasteiger partial charge on any atom is -0.346 e. The molecule has 5 N–H and O–H groups in total. The number of hydrogen-bond donors (Lipinski definition) is 4. The number of amides is 1. The second-order valence-electron chi connectivity index (χ2n) is 3.46. The zero-order valence-corrected chi connectivity index (χ0v) is 10.0. The van der Waals surface area contributed by atoms with Crippen LogP contribution < -0.4 is 16.6 Å². The molecule has 0 spiro atoms. The summed E-state index contributed by atoms with van der Waals surface area (Å²) in [6.07, 6.45) is 3.31. The number of nitrogen functional groups attached to an aromatic ring is 1. The molecule has 2 rings (SSSR count). The molecule has 8 heteroatoms. The van der Waals surface area contributed by atoms with E-state index in [1.54, 1.807) is 24.5 Å². The van der Waals surface area contributed by atoms with Gasteiger partial charge in [0.05, 0.1) is 11.2 Å². The van der Waals surface area contributed by atoms with Gasteiger partial charge in [-0.1, -0.05) is 11.6 Å². The van der Waals surface area contributed by atoms with Crippen molar-refractivity contribution in [3.05, 3.63) is 40.8 Å². The Labute approximate surface area is 108 Å². The van der Waals surface area contributed by atoms with Crippen LogP contribution in [0.5, 0.6) is 0 Å². The summed E-state index contributed by atoms with van der Waals surface area (Å²) >= 11 is 5.90. The van der Waals surface area contributed by atoms with Gasteiger partial charge in [0, 0.05) is 18.3 Å². The quantitative estimate of drug-likeness (QED) is 0.480. The summed E-state index contributed by atoms with van der Waals surface area (Å²) in [4.78, 5) is 15.9. The summed E-state index contributed by atoms with van der Waals surface area (Å²) in [6.45, 7) is 0.341. The zero-order valence-electron chi connectivity index (χ0n) is 9.27. The Hall–Kier alpha value is -2.12. The lowest BCUT2D eigenvalue weighted by Gasteiger charge is -2.06. The first-order chi connectivity index (χ1) is 8.70. The standard InChI is InChI=1S/C10H11ClN6O/c11-7-1-2-8(17-12)16-9(7)10(18)13-3-6-4-14-15-5-6/h1-2,4-5H,3,12H2,(H,13,18)(H,14,15)(H,16,17). The van der Waals surface area contributed by atoms with E-state index in [9.17, 15) is 4.79 Å². The van der Waals surface area contributed by atoms with E-state index in [2.05, 4.69) is 25.9 Å². The fourth-order valence-corrected chi connectivity index (χ4v) is 1.51. The van der Waals surface area contributed by atoms with Gasteiger partial charge in [0.15, 0.2) is 0 Å². The molecule has 0 atom stereocenters. The smallest absolute Gasteiger partial charge is 0.271 e. The minimum absolute atomic E-state index is 0.121. The third-order valence-corrected chi connectivity index (χ3v) is 2.52. The van der Waals surface area contributed by atoms with Crippen molar-refractivity contribution in [2.75, 3.05) is 5.43 Å². The number of pyridine rings is 1. The van der Waals surface area contributed by atoms with Crippen LogP contribution in [-0.4, -0.2) is 21.1 Å². The molecule has 0 radical (unpaired) electrons. The van der Waals surface area contributed by atoms with Crippen molar-refractivity contribution in [1.29, 1.82) is 0 Å². The highest BCUT2D eigenvalue weighted by Gasteiger charge is 2.12. The maximum Gasteiger partial charge on any atom is 0.271 e. The van der Waals surface area contributed by atoms with Crippen LogP contribution in [0.2, 0.25) is 5.02 Å². The number of halogens is 1. The van der Waals surface area contributed by atoms with E-state index in [-0.39, 0.29) is 16.6 Å². The van der Waals surface area contributed by atoms with Gasteiger partial charge < -0.3 is 10.7 Å². The number of rotatable bonds is 4. The maximum absolute atomic E-state index is 11.9. The Morgan fingerprint density at radius 2 is 2.33 bits per heavy atom. The normalized spacial score (nSPS) is 10.1. The molecule has 7 nitrogen and oxygen atoms in total. The molecular weight excluding hydrogens is 256 g/mol. The van der Waals surface area contributed by atoms with E-state index in [0.717, 1.165) is 5.56 Å². The number of hydrogen-bond acceptors (Lipinski definition) is 5. The third-order valence-electron chi connectivity index (χ3n) is 2.22. The van der Waals surface area contributed by atoms with Gasteiger partial charge in [0.25, 0.3) is 5.91 Å².